The van der Waals surface area contributed by atoms with Gasteiger partial charge in [-0.2, -0.15) is 0 Å². The van der Waals surface area contributed by atoms with E-state index >= 15 is 0 Å². The number of ether oxygens (including phenoxy) is 2. The molecule has 3 aromatic rings. The smallest absolute Gasteiger partial charge is 1.00 e. The average Bonchev–Trinajstić information content (AvgIpc) is 3.06. The first kappa shape index (κ1) is 25.1. The maximum Gasteiger partial charge on any atom is 1.00 e. The van der Waals surface area contributed by atoms with Gasteiger partial charge in [0.25, 0.3) is 0 Å². The van der Waals surface area contributed by atoms with Crippen LogP contribution in [0.25, 0.3) is 11.0 Å². The van der Waals surface area contributed by atoms with Crippen LogP contribution in [-0.4, -0.2) is 44.5 Å². The summed E-state index contributed by atoms with van der Waals surface area (Å²) in [5.74, 6) is -0.158. The van der Waals surface area contributed by atoms with Crippen LogP contribution in [0, 0.1) is 6.92 Å². The number of H-pyrrole nitrogens is 1. The normalized spacial score (nSPS) is 11.2. The molecule has 0 fully saturated rings. The third kappa shape index (κ3) is 5.15. The standard InChI is InChI=1S/C17H17N3O5S.2Na.2H/c1-9-14(18-7-11(16(21)22)15(9)25-3)8-26(23)17-19-12-5-4-10(24-2)6-13(12)20-17;;;;/h4-7H,8H2,1-3H3,(H,19,20)(H,21,22);;;;/q;2*+1;2*-1. The second-order valence-corrected chi connectivity index (χ2v) is 6.86. The van der Waals surface area contributed by atoms with E-state index in [9.17, 15) is 14.1 Å². The SMILES string of the molecule is COc1ccc2nc(S(=O)Cc3ncc(C(=O)O)c(OC)c3C)[nH]c2c1.[H-].[H-].[Na+].[Na+]. The number of imidazole rings is 1. The molecule has 1 atom stereocenters. The van der Waals surface area contributed by atoms with Gasteiger partial charge in [-0.3, -0.25) is 9.19 Å². The Morgan fingerprint density at radius 2 is 2.00 bits per heavy atom. The molecule has 0 saturated carbocycles. The molecule has 2 aromatic heterocycles. The molecule has 0 saturated heterocycles. The number of benzene rings is 1. The summed E-state index contributed by atoms with van der Waals surface area (Å²) < 4.78 is 23.0. The Hall–Kier alpha value is -0.940. The first-order valence-corrected chi connectivity index (χ1v) is 8.94. The van der Waals surface area contributed by atoms with E-state index in [1.54, 1.807) is 32.2 Å². The van der Waals surface area contributed by atoms with Gasteiger partial charge in [0.05, 0.1) is 47.5 Å². The minimum absolute atomic E-state index is 0. The molecule has 3 rings (SSSR count). The van der Waals surface area contributed by atoms with Gasteiger partial charge in [-0.1, -0.05) is 0 Å². The molecule has 8 nitrogen and oxygen atoms in total. The minimum Gasteiger partial charge on any atom is -1.00 e. The van der Waals surface area contributed by atoms with Crippen LogP contribution >= 0.6 is 0 Å². The zero-order valence-electron chi connectivity index (χ0n) is 18.4. The van der Waals surface area contributed by atoms with Crippen LogP contribution in [0.4, 0.5) is 0 Å². The fraction of sp³-hybridized carbons (Fsp3) is 0.235. The van der Waals surface area contributed by atoms with Crippen LogP contribution in [0.1, 0.15) is 24.5 Å². The monoisotopic (exact) mass is 423 g/mol. The summed E-state index contributed by atoms with van der Waals surface area (Å²) in [5.41, 5.74) is 2.39. The molecular formula is C17H19N3Na2O5S. The van der Waals surface area contributed by atoms with Crippen LogP contribution in [0.2, 0.25) is 0 Å². The molecule has 0 amide bonds. The number of fused-ring (bicyclic) bond motifs is 1. The maximum absolute atomic E-state index is 12.7. The predicted octanol–water partition coefficient (Wildman–Crippen LogP) is -3.48. The number of aromatic amines is 1. The van der Waals surface area contributed by atoms with Gasteiger partial charge >= 0.3 is 65.1 Å². The molecule has 0 radical (unpaired) electrons. The Kier molecular flexibility index (Phi) is 9.61. The van der Waals surface area contributed by atoms with Crippen LogP contribution in [0.3, 0.4) is 0 Å². The summed E-state index contributed by atoms with van der Waals surface area (Å²) in [7, 11) is 1.47. The van der Waals surface area contributed by atoms with Crippen molar-refractivity contribution in [3.05, 3.63) is 41.2 Å². The molecule has 28 heavy (non-hydrogen) atoms. The molecule has 0 aliphatic rings. The Morgan fingerprint density at radius 3 is 2.61 bits per heavy atom. The first-order valence-electron chi connectivity index (χ1n) is 7.62. The van der Waals surface area contributed by atoms with E-state index in [2.05, 4.69) is 15.0 Å². The van der Waals surface area contributed by atoms with Crippen LogP contribution in [0.15, 0.2) is 29.6 Å². The number of aromatic nitrogens is 3. The van der Waals surface area contributed by atoms with Crippen molar-refractivity contribution in [1.29, 1.82) is 0 Å². The number of rotatable bonds is 6. The summed E-state index contributed by atoms with van der Waals surface area (Å²) in [6, 6.07) is 5.33. The van der Waals surface area contributed by atoms with Crippen molar-refractivity contribution in [3.8, 4) is 11.5 Å². The van der Waals surface area contributed by atoms with Gasteiger partial charge in [-0.25, -0.2) is 9.78 Å². The second kappa shape index (κ2) is 10.7. The summed E-state index contributed by atoms with van der Waals surface area (Å²) in [5, 5.41) is 9.51. The number of aromatic carboxylic acids is 1. The number of carboxylic acid groups (broad SMARTS) is 1. The quantitative estimate of drug-likeness (QED) is 0.396. The van der Waals surface area contributed by atoms with Crippen LogP contribution < -0.4 is 68.6 Å². The van der Waals surface area contributed by atoms with Crippen molar-refractivity contribution in [2.24, 2.45) is 0 Å². The van der Waals surface area contributed by atoms with Crippen molar-refractivity contribution in [1.82, 2.24) is 15.0 Å². The maximum atomic E-state index is 12.7. The van der Waals surface area contributed by atoms with E-state index in [1.807, 2.05) is 0 Å². The molecule has 1 aromatic carbocycles. The van der Waals surface area contributed by atoms with Crippen molar-refractivity contribution < 1.29 is 85.6 Å². The van der Waals surface area contributed by atoms with E-state index in [0.717, 1.165) is 5.52 Å². The third-order valence-electron chi connectivity index (χ3n) is 3.95. The summed E-state index contributed by atoms with van der Waals surface area (Å²) >= 11 is 0. The van der Waals surface area contributed by atoms with Gasteiger partial charge in [0, 0.05) is 17.8 Å². The van der Waals surface area contributed by atoms with E-state index in [0.29, 0.717) is 27.7 Å². The number of hydrogen-bond donors (Lipinski definition) is 2. The van der Waals surface area contributed by atoms with E-state index in [4.69, 9.17) is 9.47 Å². The van der Waals surface area contributed by atoms with Crippen LogP contribution in [-0.2, 0) is 16.6 Å². The van der Waals surface area contributed by atoms with Crippen LogP contribution in [0.5, 0.6) is 11.5 Å². The molecule has 0 spiro atoms. The number of nitrogens with one attached hydrogen (secondary N) is 1. The van der Waals surface area contributed by atoms with Crippen molar-refractivity contribution in [2.75, 3.05) is 14.2 Å². The van der Waals surface area contributed by atoms with Gasteiger partial charge in [0.2, 0.25) is 0 Å². The molecule has 0 aliphatic carbocycles. The molecule has 2 heterocycles. The predicted molar refractivity (Wildman–Crippen MR) is 97.5 cm³/mol. The summed E-state index contributed by atoms with van der Waals surface area (Å²) in [6.07, 6.45) is 1.21. The van der Waals surface area contributed by atoms with E-state index < -0.39 is 16.8 Å². The van der Waals surface area contributed by atoms with Gasteiger partial charge in [-0.15, -0.1) is 0 Å². The number of methoxy groups -OCH3 is 2. The fourth-order valence-electron chi connectivity index (χ4n) is 2.58. The number of carbonyl (C=O) groups is 1. The minimum atomic E-state index is -1.49. The topological polar surface area (TPSA) is 114 Å². The molecule has 2 N–H and O–H groups in total. The molecular weight excluding hydrogens is 404 g/mol. The Bertz CT molecular complexity index is 1040. The molecule has 11 heteroatoms. The van der Waals surface area contributed by atoms with Crippen molar-refractivity contribution in [2.45, 2.75) is 17.8 Å². The van der Waals surface area contributed by atoms with Crippen molar-refractivity contribution >= 4 is 27.8 Å². The van der Waals surface area contributed by atoms with Gasteiger partial charge in [0.15, 0.2) is 5.16 Å². The molecule has 0 bridgehead atoms. The van der Waals surface area contributed by atoms with Gasteiger partial charge in [0.1, 0.15) is 17.1 Å². The average molecular weight is 423 g/mol. The fourth-order valence-corrected chi connectivity index (χ4v) is 3.68. The second-order valence-electron chi connectivity index (χ2n) is 5.50. The number of pyridine rings is 1. The summed E-state index contributed by atoms with van der Waals surface area (Å²) in [6.45, 7) is 1.69. The molecule has 140 valence electrons. The van der Waals surface area contributed by atoms with Gasteiger partial charge in [-0.05, 0) is 19.1 Å². The van der Waals surface area contributed by atoms with Crippen molar-refractivity contribution in [3.63, 3.8) is 0 Å². The number of nitrogens with zero attached hydrogens (tertiary/aromatic N) is 2. The van der Waals surface area contributed by atoms with E-state index in [-0.39, 0.29) is 79.0 Å². The Morgan fingerprint density at radius 1 is 1.29 bits per heavy atom. The zero-order chi connectivity index (χ0) is 18.8. The first-order chi connectivity index (χ1) is 12.4. The largest absolute Gasteiger partial charge is 1.00 e. The third-order valence-corrected chi connectivity index (χ3v) is 5.11. The number of hydrogen-bond acceptors (Lipinski definition) is 6. The molecule has 0 aliphatic heterocycles. The zero-order valence-corrected chi connectivity index (χ0v) is 21.2. The van der Waals surface area contributed by atoms with Gasteiger partial charge < -0.3 is 22.4 Å². The Balaban J connectivity index is 0. The Labute approximate surface area is 211 Å². The summed E-state index contributed by atoms with van der Waals surface area (Å²) in [4.78, 5) is 22.7. The number of carboxylic acids is 1. The molecule has 1 unspecified atom stereocenters. The van der Waals surface area contributed by atoms with E-state index in [1.165, 1.54) is 13.3 Å².